The van der Waals surface area contributed by atoms with Crippen LogP contribution in [0.5, 0.6) is 0 Å². The van der Waals surface area contributed by atoms with Gasteiger partial charge in [0.2, 0.25) is 0 Å². The average molecular weight is 764 g/mol. The number of fused-ring (bicyclic) bond motifs is 9. The number of nitrogens with zero attached hydrogens (tertiary/aromatic N) is 5. The lowest BCUT2D eigenvalue weighted by Gasteiger charge is -2.11. The zero-order valence-corrected chi connectivity index (χ0v) is 31.9. The molecule has 57 heavy (non-hydrogen) atoms. The molecule has 0 spiro atoms. The number of benzene rings is 7. The summed E-state index contributed by atoms with van der Waals surface area (Å²) in [6, 6.07) is 57.4. The average Bonchev–Trinajstić information content (AvgIpc) is 3.95. The van der Waals surface area contributed by atoms with Gasteiger partial charge in [0.15, 0.2) is 5.82 Å². The molecule has 0 saturated carbocycles. The van der Waals surface area contributed by atoms with Crippen molar-refractivity contribution in [1.29, 1.82) is 0 Å². The van der Waals surface area contributed by atoms with E-state index in [1.165, 1.54) is 75.4 Å². The molecule has 0 atom stereocenters. The minimum absolute atomic E-state index is 0.709. The van der Waals surface area contributed by atoms with Gasteiger partial charge in [-0.25, -0.2) is 19.9 Å². The molecule has 0 saturated heterocycles. The molecule has 0 aliphatic carbocycles. The number of rotatable bonds is 5. The Kier molecular flexibility index (Phi) is 7.20. The van der Waals surface area contributed by atoms with Gasteiger partial charge in [-0.15, -0.1) is 11.3 Å². The summed E-state index contributed by atoms with van der Waals surface area (Å²) in [5.41, 5.74) is 11.7. The Bertz CT molecular complexity index is 3530. The topological polar surface area (TPSA) is 56.5 Å². The molecule has 0 amide bonds. The van der Waals surface area contributed by atoms with E-state index in [2.05, 4.69) is 172 Å². The summed E-state index contributed by atoms with van der Waals surface area (Å²) in [5, 5.41) is 6.85. The Labute approximate surface area is 334 Å². The van der Waals surface area contributed by atoms with Crippen LogP contribution in [0.15, 0.2) is 176 Å². The Morgan fingerprint density at radius 1 is 0.404 bits per heavy atom. The van der Waals surface area contributed by atoms with Crippen molar-refractivity contribution in [3.05, 3.63) is 176 Å². The first kappa shape index (κ1) is 32.2. The molecule has 0 aliphatic rings. The molecule has 12 rings (SSSR count). The van der Waals surface area contributed by atoms with E-state index in [4.69, 9.17) is 9.97 Å². The standard InChI is InChI=1S/C50H29N5S2/c1-3-9-30(10-4-1)32-15-19-44-38(23-32)39-24-33(37-14-8-7-13-36(37)31-11-5-2-6-12-31)16-20-45(39)55(44)35-18-22-47-41(26-35)40-25-34(17-21-46(40)56-47)48-52-28-43-42-27-51-29-53-49(42)57-50(43)54-48/h1-29H. The second-order valence-corrected chi connectivity index (χ2v) is 16.4. The predicted octanol–water partition coefficient (Wildman–Crippen LogP) is 13.8. The highest BCUT2D eigenvalue weighted by Gasteiger charge is 2.18. The van der Waals surface area contributed by atoms with Crippen molar-refractivity contribution in [1.82, 2.24) is 24.5 Å². The molecular weight excluding hydrogens is 735 g/mol. The van der Waals surface area contributed by atoms with Gasteiger partial charge in [0, 0.05) is 65.4 Å². The Hall–Kier alpha value is -7.06. The fourth-order valence-electron chi connectivity index (χ4n) is 8.37. The first-order valence-corrected chi connectivity index (χ1v) is 20.5. The predicted molar refractivity (Wildman–Crippen MR) is 239 cm³/mol. The van der Waals surface area contributed by atoms with Crippen LogP contribution in [-0.4, -0.2) is 24.5 Å². The first-order chi connectivity index (χ1) is 28.2. The van der Waals surface area contributed by atoms with Crippen LogP contribution in [0.2, 0.25) is 0 Å². The van der Waals surface area contributed by atoms with Crippen molar-refractivity contribution in [3.8, 4) is 50.5 Å². The summed E-state index contributed by atoms with van der Waals surface area (Å²) < 4.78 is 4.92. The zero-order valence-electron chi connectivity index (χ0n) is 30.3. The van der Waals surface area contributed by atoms with Gasteiger partial charge in [0.25, 0.3) is 0 Å². The highest BCUT2D eigenvalue weighted by molar-refractivity contribution is 7.26. The summed E-state index contributed by atoms with van der Waals surface area (Å²) >= 11 is 3.40. The maximum Gasteiger partial charge on any atom is 0.160 e. The molecule has 266 valence electrons. The van der Waals surface area contributed by atoms with Gasteiger partial charge >= 0.3 is 0 Å². The van der Waals surface area contributed by atoms with Crippen molar-refractivity contribution in [2.24, 2.45) is 0 Å². The lowest BCUT2D eigenvalue weighted by Crippen LogP contribution is -1.93. The quantitative estimate of drug-likeness (QED) is 0.175. The van der Waals surface area contributed by atoms with Gasteiger partial charge in [0.1, 0.15) is 16.0 Å². The highest BCUT2D eigenvalue weighted by Crippen LogP contribution is 2.42. The third kappa shape index (κ3) is 5.20. The SMILES string of the molecule is c1ccc(-c2ccc3c(c2)c2cc(-c4ccccc4-c4ccccc4)ccc2n3-c2ccc3sc4ccc(-c5ncc6c(n5)sc5ncncc56)cc4c3c2)cc1. The summed E-state index contributed by atoms with van der Waals surface area (Å²) in [6.07, 6.45) is 5.33. The molecule has 5 aromatic heterocycles. The summed E-state index contributed by atoms with van der Waals surface area (Å²) in [7, 11) is 0. The monoisotopic (exact) mass is 763 g/mol. The van der Waals surface area contributed by atoms with E-state index in [1.54, 1.807) is 17.7 Å². The van der Waals surface area contributed by atoms with Crippen LogP contribution in [0.1, 0.15) is 0 Å². The normalized spacial score (nSPS) is 11.9. The van der Waals surface area contributed by atoms with E-state index in [0.29, 0.717) is 5.82 Å². The summed E-state index contributed by atoms with van der Waals surface area (Å²) in [5.74, 6) is 0.709. The largest absolute Gasteiger partial charge is 0.309 e. The first-order valence-electron chi connectivity index (χ1n) is 18.8. The Morgan fingerprint density at radius 3 is 1.81 bits per heavy atom. The number of aromatic nitrogens is 5. The maximum atomic E-state index is 5.00. The molecule has 0 N–H and O–H groups in total. The minimum Gasteiger partial charge on any atom is -0.309 e. The van der Waals surface area contributed by atoms with Crippen LogP contribution < -0.4 is 0 Å². The van der Waals surface area contributed by atoms with Crippen LogP contribution in [0, 0.1) is 0 Å². The number of hydrogen-bond donors (Lipinski definition) is 0. The van der Waals surface area contributed by atoms with Crippen molar-refractivity contribution in [3.63, 3.8) is 0 Å². The van der Waals surface area contributed by atoms with E-state index in [9.17, 15) is 0 Å². The maximum absolute atomic E-state index is 5.00. The van der Waals surface area contributed by atoms with Crippen LogP contribution >= 0.6 is 22.7 Å². The van der Waals surface area contributed by atoms with E-state index in [1.807, 2.05) is 23.7 Å². The van der Waals surface area contributed by atoms with Gasteiger partial charge in [-0.2, -0.15) is 0 Å². The molecule has 5 nitrogen and oxygen atoms in total. The van der Waals surface area contributed by atoms with Crippen molar-refractivity contribution >= 4 is 85.1 Å². The van der Waals surface area contributed by atoms with Crippen molar-refractivity contribution in [2.75, 3.05) is 0 Å². The summed E-state index contributed by atoms with van der Waals surface area (Å²) in [4.78, 5) is 20.3. The Balaban J connectivity index is 1.04. The van der Waals surface area contributed by atoms with Crippen LogP contribution in [0.3, 0.4) is 0 Å². The van der Waals surface area contributed by atoms with Gasteiger partial charge in [-0.3, -0.25) is 0 Å². The highest BCUT2D eigenvalue weighted by atomic mass is 32.1. The molecule has 0 aliphatic heterocycles. The lowest BCUT2D eigenvalue weighted by atomic mass is 9.93. The lowest BCUT2D eigenvalue weighted by molar-refractivity contribution is 1.19. The molecule has 0 fully saturated rings. The third-order valence-electron chi connectivity index (χ3n) is 11.1. The fraction of sp³-hybridized carbons (Fsp3) is 0. The number of hydrogen-bond acceptors (Lipinski definition) is 6. The zero-order chi connectivity index (χ0) is 37.5. The molecule has 12 aromatic rings. The minimum atomic E-state index is 0.709. The fourth-order valence-corrected chi connectivity index (χ4v) is 10.4. The van der Waals surface area contributed by atoms with Crippen molar-refractivity contribution < 1.29 is 0 Å². The second kappa shape index (κ2) is 12.7. The molecular formula is C50H29N5S2. The van der Waals surface area contributed by atoms with Gasteiger partial charge in [0.05, 0.1) is 11.0 Å². The van der Waals surface area contributed by atoms with Crippen LogP contribution in [0.4, 0.5) is 0 Å². The molecule has 0 bridgehead atoms. The van der Waals surface area contributed by atoms with E-state index in [-0.39, 0.29) is 0 Å². The summed E-state index contributed by atoms with van der Waals surface area (Å²) in [6.45, 7) is 0. The molecule has 7 heteroatoms. The third-order valence-corrected chi connectivity index (χ3v) is 13.3. The van der Waals surface area contributed by atoms with E-state index < -0.39 is 0 Å². The van der Waals surface area contributed by atoms with Gasteiger partial charge in [-0.1, -0.05) is 108 Å². The Morgan fingerprint density at radius 2 is 1.02 bits per heavy atom. The second-order valence-electron chi connectivity index (χ2n) is 14.3. The smallest absolute Gasteiger partial charge is 0.160 e. The van der Waals surface area contributed by atoms with Gasteiger partial charge in [-0.05, 0) is 94.0 Å². The molecule has 5 heterocycles. The van der Waals surface area contributed by atoms with E-state index in [0.717, 1.165) is 31.7 Å². The van der Waals surface area contributed by atoms with Crippen molar-refractivity contribution in [2.45, 2.75) is 0 Å². The number of thiophene rings is 2. The van der Waals surface area contributed by atoms with Gasteiger partial charge < -0.3 is 4.57 Å². The molecule has 0 radical (unpaired) electrons. The van der Waals surface area contributed by atoms with Crippen LogP contribution in [0.25, 0.3) is 113 Å². The molecule has 7 aromatic carbocycles. The van der Waals surface area contributed by atoms with Crippen LogP contribution in [-0.2, 0) is 0 Å². The molecule has 0 unspecified atom stereocenters. The van der Waals surface area contributed by atoms with E-state index >= 15 is 0 Å².